The number of sulfonamides is 1. The first-order chi connectivity index (χ1) is 7.39. The SMILES string of the molecule is Cc1ccc(S(=O)(=O)N(C)C(C)CN)cc1. The van der Waals surface area contributed by atoms with Crippen molar-refractivity contribution in [1.29, 1.82) is 0 Å². The zero-order valence-corrected chi connectivity index (χ0v) is 10.7. The van der Waals surface area contributed by atoms with Crippen LogP contribution in [0.3, 0.4) is 0 Å². The van der Waals surface area contributed by atoms with Gasteiger partial charge in [0, 0.05) is 19.6 Å². The summed E-state index contributed by atoms with van der Waals surface area (Å²) in [4.78, 5) is 0.306. The maximum absolute atomic E-state index is 12.1. The first-order valence-corrected chi connectivity index (χ1v) is 6.58. The topological polar surface area (TPSA) is 63.4 Å². The molecule has 0 aliphatic heterocycles. The first kappa shape index (κ1) is 13.2. The molecule has 1 rings (SSSR count). The lowest BCUT2D eigenvalue weighted by molar-refractivity contribution is 0.394. The van der Waals surface area contributed by atoms with E-state index in [0.29, 0.717) is 11.4 Å². The smallest absolute Gasteiger partial charge is 0.243 e. The number of rotatable bonds is 4. The van der Waals surface area contributed by atoms with E-state index < -0.39 is 10.0 Å². The average molecular weight is 242 g/mol. The maximum atomic E-state index is 12.1. The van der Waals surface area contributed by atoms with Gasteiger partial charge < -0.3 is 5.73 Å². The van der Waals surface area contributed by atoms with Crippen molar-refractivity contribution in [3.63, 3.8) is 0 Å². The molecule has 4 nitrogen and oxygen atoms in total. The van der Waals surface area contributed by atoms with Gasteiger partial charge in [0.1, 0.15) is 0 Å². The standard InChI is InChI=1S/C11H18N2O2S/c1-9-4-6-11(7-5-9)16(14,15)13(3)10(2)8-12/h4-7,10H,8,12H2,1-3H3. The summed E-state index contributed by atoms with van der Waals surface area (Å²) in [5.41, 5.74) is 6.50. The Morgan fingerprint density at radius 3 is 2.25 bits per heavy atom. The third-order valence-electron chi connectivity index (χ3n) is 2.66. The van der Waals surface area contributed by atoms with Crippen LogP contribution in [-0.4, -0.2) is 32.4 Å². The third-order valence-corrected chi connectivity index (χ3v) is 4.65. The molecule has 0 saturated heterocycles. The summed E-state index contributed by atoms with van der Waals surface area (Å²) in [6, 6.07) is 6.60. The van der Waals surface area contributed by atoms with Crippen molar-refractivity contribution in [2.45, 2.75) is 24.8 Å². The molecule has 0 bridgehead atoms. The molecule has 1 aromatic rings. The van der Waals surface area contributed by atoms with Crippen molar-refractivity contribution in [2.75, 3.05) is 13.6 Å². The number of benzene rings is 1. The molecule has 0 amide bonds. The summed E-state index contributed by atoms with van der Waals surface area (Å²) in [7, 11) is -1.87. The van der Waals surface area contributed by atoms with E-state index in [1.54, 1.807) is 38.2 Å². The molecule has 1 aromatic carbocycles. The summed E-state index contributed by atoms with van der Waals surface area (Å²) >= 11 is 0. The average Bonchev–Trinajstić information content (AvgIpc) is 2.27. The van der Waals surface area contributed by atoms with Gasteiger partial charge in [-0.1, -0.05) is 17.7 Å². The lowest BCUT2D eigenvalue weighted by atomic mass is 10.2. The van der Waals surface area contributed by atoms with Crippen LogP contribution in [0.25, 0.3) is 0 Å². The minimum absolute atomic E-state index is 0.202. The summed E-state index contributed by atoms with van der Waals surface area (Å²) in [5, 5.41) is 0. The van der Waals surface area contributed by atoms with E-state index in [2.05, 4.69) is 0 Å². The minimum Gasteiger partial charge on any atom is -0.329 e. The summed E-state index contributed by atoms with van der Waals surface area (Å²) in [6.45, 7) is 4.01. The molecule has 0 saturated carbocycles. The maximum Gasteiger partial charge on any atom is 0.243 e. The van der Waals surface area contributed by atoms with Crippen LogP contribution in [0.4, 0.5) is 0 Å². The Labute approximate surface area is 97.1 Å². The third kappa shape index (κ3) is 2.61. The fourth-order valence-electron chi connectivity index (χ4n) is 1.26. The van der Waals surface area contributed by atoms with Gasteiger partial charge in [0.05, 0.1) is 4.90 Å². The van der Waals surface area contributed by atoms with E-state index in [1.807, 2.05) is 6.92 Å². The van der Waals surface area contributed by atoms with Gasteiger partial charge in [0.15, 0.2) is 0 Å². The molecule has 2 N–H and O–H groups in total. The van der Waals surface area contributed by atoms with E-state index in [-0.39, 0.29) is 6.04 Å². The first-order valence-electron chi connectivity index (χ1n) is 5.14. The summed E-state index contributed by atoms with van der Waals surface area (Å²) in [5.74, 6) is 0. The molecule has 0 aliphatic carbocycles. The summed E-state index contributed by atoms with van der Waals surface area (Å²) < 4.78 is 25.5. The van der Waals surface area contributed by atoms with Gasteiger partial charge >= 0.3 is 0 Å². The van der Waals surface area contributed by atoms with E-state index in [9.17, 15) is 8.42 Å². The highest BCUT2D eigenvalue weighted by Crippen LogP contribution is 2.16. The zero-order chi connectivity index (χ0) is 12.3. The molecule has 5 heteroatoms. The molecule has 16 heavy (non-hydrogen) atoms. The van der Waals surface area contributed by atoms with Gasteiger partial charge in [-0.3, -0.25) is 0 Å². The highest BCUT2D eigenvalue weighted by molar-refractivity contribution is 7.89. The molecule has 0 aromatic heterocycles. The molecular weight excluding hydrogens is 224 g/mol. The molecule has 0 radical (unpaired) electrons. The Morgan fingerprint density at radius 1 is 1.31 bits per heavy atom. The van der Waals surface area contributed by atoms with Crippen LogP contribution in [0.2, 0.25) is 0 Å². The molecule has 0 heterocycles. The van der Waals surface area contributed by atoms with Crippen LogP contribution in [0.1, 0.15) is 12.5 Å². The number of nitrogens with zero attached hydrogens (tertiary/aromatic N) is 1. The van der Waals surface area contributed by atoms with Crippen molar-refractivity contribution < 1.29 is 8.42 Å². The van der Waals surface area contributed by atoms with E-state index in [0.717, 1.165) is 5.56 Å². The minimum atomic E-state index is -3.41. The fourth-order valence-corrected chi connectivity index (χ4v) is 2.63. The van der Waals surface area contributed by atoms with Crippen molar-refractivity contribution >= 4 is 10.0 Å². The quantitative estimate of drug-likeness (QED) is 0.855. The van der Waals surface area contributed by atoms with Crippen LogP contribution < -0.4 is 5.73 Å². The van der Waals surface area contributed by atoms with Gasteiger partial charge in [0.2, 0.25) is 10.0 Å². The van der Waals surface area contributed by atoms with E-state index >= 15 is 0 Å². The zero-order valence-electron chi connectivity index (χ0n) is 9.84. The highest BCUT2D eigenvalue weighted by Gasteiger charge is 2.24. The molecule has 0 aliphatic rings. The summed E-state index contributed by atoms with van der Waals surface area (Å²) in [6.07, 6.45) is 0. The molecule has 1 atom stereocenters. The van der Waals surface area contributed by atoms with Crippen LogP contribution in [0.5, 0.6) is 0 Å². The van der Waals surface area contributed by atoms with Crippen molar-refractivity contribution in [3.05, 3.63) is 29.8 Å². The van der Waals surface area contributed by atoms with Gasteiger partial charge in [-0.05, 0) is 26.0 Å². The predicted octanol–water partition coefficient (Wildman–Crippen LogP) is 0.963. The Bertz CT molecular complexity index is 440. The van der Waals surface area contributed by atoms with Gasteiger partial charge in [-0.2, -0.15) is 4.31 Å². The van der Waals surface area contributed by atoms with Crippen molar-refractivity contribution in [2.24, 2.45) is 5.73 Å². The molecular formula is C11H18N2O2S. The van der Waals surface area contributed by atoms with Crippen LogP contribution >= 0.6 is 0 Å². The second-order valence-electron chi connectivity index (χ2n) is 3.92. The largest absolute Gasteiger partial charge is 0.329 e. The van der Waals surface area contributed by atoms with E-state index in [1.165, 1.54) is 4.31 Å². The van der Waals surface area contributed by atoms with Gasteiger partial charge in [0.25, 0.3) is 0 Å². The monoisotopic (exact) mass is 242 g/mol. The lowest BCUT2D eigenvalue weighted by Gasteiger charge is -2.22. The molecule has 0 fully saturated rings. The second-order valence-corrected chi connectivity index (χ2v) is 5.92. The van der Waals surface area contributed by atoms with Crippen molar-refractivity contribution in [1.82, 2.24) is 4.31 Å². The van der Waals surface area contributed by atoms with E-state index in [4.69, 9.17) is 5.73 Å². The second kappa shape index (κ2) is 4.95. The Hall–Kier alpha value is -0.910. The number of aryl methyl sites for hydroxylation is 1. The molecule has 0 spiro atoms. The normalized spacial score (nSPS) is 14.1. The lowest BCUT2D eigenvalue weighted by Crippen LogP contribution is -2.39. The Balaban J connectivity index is 3.07. The van der Waals surface area contributed by atoms with Crippen molar-refractivity contribution in [3.8, 4) is 0 Å². The predicted molar refractivity (Wildman–Crippen MR) is 64.6 cm³/mol. The number of hydrogen-bond donors (Lipinski definition) is 1. The van der Waals surface area contributed by atoms with Gasteiger partial charge in [-0.15, -0.1) is 0 Å². The molecule has 90 valence electrons. The number of likely N-dealkylation sites (N-methyl/N-ethyl adjacent to an activating group) is 1. The van der Waals surface area contributed by atoms with Gasteiger partial charge in [-0.25, -0.2) is 8.42 Å². The number of hydrogen-bond acceptors (Lipinski definition) is 3. The van der Waals surface area contributed by atoms with Crippen LogP contribution in [0, 0.1) is 6.92 Å². The van der Waals surface area contributed by atoms with Crippen LogP contribution in [0.15, 0.2) is 29.2 Å². The molecule has 1 unspecified atom stereocenters. The highest BCUT2D eigenvalue weighted by atomic mass is 32.2. The Morgan fingerprint density at radius 2 is 1.81 bits per heavy atom. The van der Waals surface area contributed by atoms with Crippen LogP contribution in [-0.2, 0) is 10.0 Å². The number of nitrogens with two attached hydrogens (primary N) is 1. The Kier molecular flexibility index (Phi) is 4.07. The fraction of sp³-hybridized carbons (Fsp3) is 0.455.